The van der Waals surface area contributed by atoms with Gasteiger partial charge in [-0.2, -0.15) is 0 Å². The summed E-state index contributed by atoms with van der Waals surface area (Å²) in [5, 5.41) is 0. The third kappa shape index (κ3) is 25.3. The van der Waals surface area contributed by atoms with Gasteiger partial charge in [0.05, 0.1) is 0 Å². The van der Waals surface area contributed by atoms with E-state index in [0.717, 1.165) is 0 Å². The smallest absolute Gasteiger partial charge is 0 e. The van der Waals surface area contributed by atoms with Gasteiger partial charge in [-0.25, -0.2) is 0 Å². The minimum Gasteiger partial charge on any atom is 0 e. The number of rotatable bonds is 0. The molecule has 0 aromatic heterocycles. The molecule has 0 saturated carbocycles. The van der Waals surface area contributed by atoms with E-state index in [9.17, 15) is 0 Å². The van der Waals surface area contributed by atoms with Crippen molar-refractivity contribution in [3.8, 4) is 0 Å². The number of hydrogen-bond donors (Lipinski definition) is 0. The zero-order valence-corrected chi connectivity index (χ0v) is 11.0. The molecule has 0 bridgehead atoms. The Hall–Kier alpha value is 3.69. The van der Waals surface area contributed by atoms with Crippen LogP contribution in [0.4, 0.5) is 0 Å². The van der Waals surface area contributed by atoms with E-state index < -0.39 is 0 Å². The van der Waals surface area contributed by atoms with Crippen LogP contribution in [-0.2, 0) is 100 Å². The van der Waals surface area contributed by atoms with E-state index in [2.05, 4.69) is 0 Å². The predicted octanol–water partition coefficient (Wildman–Crippen LogP) is -0.393. The molecular weight excluding hydrogens is 341 g/mol. The summed E-state index contributed by atoms with van der Waals surface area (Å²) < 4.78 is 0. The summed E-state index contributed by atoms with van der Waals surface area (Å²) in [4.78, 5) is 0. The second kappa shape index (κ2) is 37.8. The first kappa shape index (κ1) is 53.8. The molecule has 0 N–H and O–H groups in total. The van der Waals surface area contributed by atoms with Gasteiger partial charge in [0.15, 0.2) is 0 Å². The molecule has 0 aliphatic heterocycles. The van der Waals surface area contributed by atoms with Crippen LogP contribution in [0.25, 0.3) is 0 Å². The second-order valence-corrected chi connectivity index (χ2v) is 0. The Morgan fingerprint density at radius 2 is 1.00 bits per heavy atom. The van der Waals surface area contributed by atoms with Gasteiger partial charge in [-0.15, -0.1) is 0 Å². The fourth-order valence-corrected chi connectivity index (χ4v) is 0. The Kier molecular flexibility index (Phi) is 338. The minimum atomic E-state index is 0. The maximum Gasteiger partial charge on any atom is 0 e. The standard InChI is InChI=1S/Al.Co.Cr.Fe.Ni.Y. The first-order valence-electron chi connectivity index (χ1n) is 0. The summed E-state index contributed by atoms with van der Waals surface area (Å²) >= 11 is 0. The van der Waals surface area contributed by atoms with Crippen molar-refractivity contribution in [1.29, 1.82) is 0 Å². The second-order valence-electron chi connectivity index (χ2n) is 0. The van der Waals surface area contributed by atoms with E-state index in [1.165, 1.54) is 0 Å². The topological polar surface area (TPSA) is 0 Å². The van der Waals surface area contributed by atoms with Crippen molar-refractivity contribution in [2.24, 2.45) is 0 Å². The Morgan fingerprint density at radius 1 is 1.00 bits per heavy atom. The number of hydrogen-bond acceptors (Lipinski definition) is 0. The fourth-order valence-electron chi connectivity index (χ4n) is 0. The van der Waals surface area contributed by atoms with Gasteiger partial charge in [0.1, 0.15) is 0 Å². The molecule has 0 unspecified atom stereocenters. The van der Waals surface area contributed by atoms with E-state index in [1.54, 1.807) is 0 Å². The zero-order valence-electron chi connectivity index (χ0n) is 2.57. The molecule has 0 fully saturated rings. The van der Waals surface area contributed by atoms with Crippen molar-refractivity contribution in [3.05, 3.63) is 0 Å². The Balaban J connectivity index is 0. The van der Waals surface area contributed by atoms with Crippen LogP contribution in [-0.4, -0.2) is 17.4 Å². The van der Waals surface area contributed by atoms with Crippen LogP contribution in [0.2, 0.25) is 0 Å². The Morgan fingerprint density at radius 3 is 1.00 bits per heavy atom. The fraction of sp³-hybridized carbons (Fsp3) is 0. The molecule has 5 radical (unpaired) electrons. The molecule has 39 valence electrons. The summed E-state index contributed by atoms with van der Waals surface area (Å²) in [5.41, 5.74) is 0. The molecular formula is AlCoCrFeNiY. The molecule has 0 aromatic carbocycles. The zero-order chi connectivity index (χ0) is 0. The quantitative estimate of drug-likeness (QED) is 0.527. The molecule has 0 atom stereocenters. The van der Waals surface area contributed by atoms with Gasteiger partial charge < -0.3 is 0 Å². The van der Waals surface area contributed by atoms with Crippen molar-refractivity contribution in [3.63, 3.8) is 0 Å². The molecule has 0 heterocycles. The average Bonchev–Trinajstić information content (AvgIpc) is 0. The van der Waals surface area contributed by atoms with Crippen molar-refractivity contribution in [2.75, 3.05) is 0 Å². The van der Waals surface area contributed by atoms with Crippen molar-refractivity contribution >= 4 is 17.4 Å². The van der Waals surface area contributed by atoms with Crippen LogP contribution in [0.15, 0.2) is 0 Å². The Bertz CT molecular complexity index is 15.5. The van der Waals surface area contributed by atoms with Crippen LogP contribution in [0, 0.1) is 0 Å². The summed E-state index contributed by atoms with van der Waals surface area (Å²) in [6.07, 6.45) is 0. The van der Waals surface area contributed by atoms with Crippen molar-refractivity contribution in [1.82, 2.24) is 0 Å². The maximum absolute atomic E-state index is 0. The van der Waals surface area contributed by atoms with Gasteiger partial charge >= 0.3 is 0 Å². The van der Waals surface area contributed by atoms with E-state index >= 15 is 0 Å². The monoisotopic (exact) mass is 341 g/mol. The van der Waals surface area contributed by atoms with Crippen molar-refractivity contribution < 1.29 is 100 Å². The normalized spacial score (nSPS) is 0. The van der Waals surface area contributed by atoms with Crippen LogP contribution in [0.1, 0.15) is 0 Å². The van der Waals surface area contributed by atoms with Gasteiger partial charge in [0.25, 0.3) is 0 Å². The van der Waals surface area contributed by atoms with E-state index in [4.69, 9.17) is 0 Å². The Labute approximate surface area is 115 Å². The summed E-state index contributed by atoms with van der Waals surface area (Å²) in [6, 6.07) is 0. The molecule has 0 saturated heterocycles. The molecule has 6 heavy (non-hydrogen) atoms. The van der Waals surface area contributed by atoms with E-state index in [1.807, 2.05) is 0 Å². The molecule has 0 spiro atoms. The van der Waals surface area contributed by atoms with Crippen LogP contribution in [0.5, 0.6) is 0 Å². The molecule has 0 nitrogen and oxygen atoms in total. The summed E-state index contributed by atoms with van der Waals surface area (Å²) in [6.45, 7) is 0. The van der Waals surface area contributed by atoms with E-state index in [0.29, 0.717) is 0 Å². The summed E-state index contributed by atoms with van der Waals surface area (Å²) in [5.74, 6) is 0. The third-order valence-electron chi connectivity index (χ3n) is 0. The average molecular weight is 341 g/mol. The maximum atomic E-state index is 0. The van der Waals surface area contributed by atoms with E-state index in [-0.39, 0.29) is 118 Å². The van der Waals surface area contributed by atoms with Crippen molar-refractivity contribution in [2.45, 2.75) is 0 Å². The molecule has 0 aliphatic rings. The molecule has 0 aliphatic carbocycles. The van der Waals surface area contributed by atoms with Crippen LogP contribution < -0.4 is 0 Å². The van der Waals surface area contributed by atoms with Crippen LogP contribution in [0.3, 0.4) is 0 Å². The van der Waals surface area contributed by atoms with Gasteiger partial charge in [-0.3, -0.25) is 0 Å². The molecule has 6 heteroatoms. The first-order chi connectivity index (χ1) is 0. The predicted molar refractivity (Wildman–Crippen MR) is 5.75 cm³/mol. The SMILES string of the molecule is [Al].[Co].[Cr].[Fe].[Ni].[Y]. The third-order valence-corrected chi connectivity index (χ3v) is 0. The van der Waals surface area contributed by atoms with Gasteiger partial charge in [-0.05, 0) is 0 Å². The largest absolute Gasteiger partial charge is 0 e. The van der Waals surface area contributed by atoms with Gasteiger partial charge in [-0.1, -0.05) is 0 Å². The van der Waals surface area contributed by atoms with Gasteiger partial charge in [0.2, 0.25) is 0 Å². The molecule has 0 amide bonds. The van der Waals surface area contributed by atoms with Gasteiger partial charge in [0, 0.05) is 118 Å². The molecule has 0 aromatic rings. The molecule has 0 rings (SSSR count). The van der Waals surface area contributed by atoms with Crippen LogP contribution >= 0.6 is 0 Å². The minimum absolute atomic E-state index is 0. The first-order valence-corrected chi connectivity index (χ1v) is 0. The summed E-state index contributed by atoms with van der Waals surface area (Å²) in [7, 11) is 0.